The van der Waals surface area contributed by atoms with Gasteiger partial charge in [0, 0.05) is 27.6 Å². The number of furan rings is 1. The highest BCUT2D eigenvalue weighted by Gasteiger charge is 2.54. The van der Waals surface area contributed by atoms with Crippen molar-refractivity contribution in [3.05, 3.63) is 282 Å². The zero-order valence-electron chi connectivity index (χ0n) is 40.0. The zero-order chi connectivity index (χ0) is 47.7. The Morgan fingerprint density at radius 1 is 0.333 bits per heavy atom. The molecule has 0 radical (unpaired) electrons. The number of nitrogens with zero attached hydrogens (tertiary/aromatic N) is 1. The van der Waals surface area contributed by atoms with Crippen LogP contribution in [-0.2, 0) is 10.8 Å². The lowest BCUT2D eigenvalue weighted by Crippen LogP contribution is -2.26. The predicted molar refractivity (Wildman–Crippen MR) is 299 cm³/mol. The third-order valence-corrected chi connectivity index (χ3v) is 16.2. The molecule has 3 aliphatic rings. The van der Waals surface area contributed by atoms with E-state index in [-0.39, 0.29) is 5.41 Å². The molecule has 0 amide bonds. The summed E-state index contributed by atoms with van der Waals surface area (Å²) in [7, 11) is 0. The van der Waals surface area contributed by atoms with Gasteiger partial charge in [-0.15, -0.1) is 0 Å². The number of para-hydroxylation sites is 2. The lowest BCUT2D eigenvalue weighted by atomic mass is 9.69. The van der Waals surface area contributed by atoms with E-state index in [1.807, 2.05) is 0 Å². The summed E-state index contributed by atoms with van der Waals surface area (Å²) >= 11 is 0. The number of benzene rings is 11. The molecule has 1 heterocycles. The van der Waals surface area contributed by atoms with Gasteiger partial charge < -0.3 is 9.32 Å². The minimum Gasteiger partial charge on any atom is -0.454 e. The summed E-state index contributed by atoms with van der Waals surface area (Å²) < 4.78 is 6.90. The number of anilines is 3. The third kappa shape index (κ3) is 5.61. The molecular weight excluding hydrogens is 871 g/mol. The first kappa shape index (κ1) is 40.9. The molecule has 0 saturated carbocycles. The van der Waals surface area contributed by atoms with E-state index < -0.39 is 5.41 Å². The van der Waals surface area contributed by atoms with E-state index in [2.05, 4.69) is 267 Å². The van der Waals surface area contributed by atoms with Gasteiger partial charge in [0.05, 0.1) is 11.1 Å². The Kier molecular flexibility index (Phi) is 8.66. The minimum atomic E-state index is -0.520. The van der Waals surface area contributed by atoms with Crippen molar-refractivity contribution < 1.29 is 4.42 Å². The van der Waals surface area contributed by atoms with Crippen LogP contribution < -0.4 is 4.90 Å². The van der Waals surface area contributed by atoms with Gasteiger partial charge in [-0.2, -0.15) is 0 Å². The average Bonchev–Trinajstić information content (AvgIpc) is 4.15. The maximum absolute atomic E-state index is 6.90. The molecule has 1 spiro atoms. The fraction of sp³-hybridized carbons (Fsp3) is 0.0571. The van der Waals surface area contributed by atoms with Crippen LogP contribution in [0.25, 0.3) is 88.7 Å². The minimum absolute atomic E-state index is 0.317. The van der Waals surface area contributed by atoms with E-state index in [9.17, 15) is 0 Å². The Balaban J connectivity index is 1.06. The zero-order valence-corrected chi connectivity index (χ0v) is 40.0. The van der Waals surface area contributed by atoms with Gasteiger partial charge in [0.25, 0.3) is 0 Å². The molecule has 72 heavy (non-hydrogen) atoms. The van der Waals surface area contributed by atoms with Crippen molar-refractivity contribution in [1.82, 2.24) is 0 Å². The first-order chi connectivity index (χ1) is 35.5. The van der Waals surface area contributed by atoms with Crippen molar-refractivity contribution >= 4 is 39.0 Å². The summed E-state index contributed by atoms with van der Waals surface area (Å²) in [5.74, 6) is 0. The fourth-order valence-electron chi connectivity index (χ4n) is 13.2. The maximum Gasteiger partial charge on any atom is 0.159 e. The van der Waals surface area contributed by atoms with E-state index >= 15 is 0 Å². The Bertz CT molecular complexity index is 4130. The molecular formula is C70H47NO. The van der Waals surface area contributed by atoms with Crippen LogP contribution in [0.15, 0.2) is 253 Å². The van der Waals surface area contributed by atoms with Crippen molar-refractivity contribution in [2.45, 2.75) is 24.7 Å². The van der Waals surface area contributed by atoms with Crippen molar-refractivity contribution in [1.29, 1.82) is 0 Å². The monoisotopic (exact) mass is 917 g/mol. The summed E-state index contributed by atoms with van der Waals surface area (Å²) in [6.07, 6.45) is 0. The molecule has 0 N–H and O–H groups in total. The Morgan fingerprint density at radius 2 is 0.847 bits per heavy atom. The fourth-order valence-corrected chi connectivity index (χ4v) is 13.2. The summed E-state index contributed by atoms with van der Waals surface area (Å²) in [4.78, 5) is 2.42. The molecule has 15 rings (SSSR count). The molecule has 0 atom stereocenters. The second-order valence-corrected chi connectivity index (χ2v) is 20.3. The SMILES string of the molecule is CC1(C)c2ccccc2-c2c3c(cc(-c4cc(-c5ccccc5)cc(N(c5ccc(-c6ccccc6)cc5)c5cccc6c5oc5ccccc56)c4)c21)C1(c2ccccc2-c2ccccc21)c1ccccc1-3. The first-order valence-electron chi connectivity index (χ1n) is 25.2. The molecule has 0 aliphatic heterocycles. The number of hydrogen-bond acceptors (Lipinski definition) is 2. The predicted octanol–water partition coefficient (Wildman–Crippen LogP) is 18.7. The first-order valence-corrected chi connectivity index (χ1v) is 25.2. The third-order valence-electron chi connectivity index (χ3n) is 16.2. The van der Waals surface area contributed by atoms with Crippen LogP contribution in [0.3, 0.4) is 0 Å². The van der Waals surface area contributed by atoms with Gasteiger partial charge >= 0.3 is 0 Å². The van der Waals surface area contributed by atoms with Crippen LogP contribution in [0.4, 0.5) is 17.1 Å². The van der Waals surface area contributed by atoms with Crippen LogP contribution in [0.2, 0.25) is 0 Å². The van der Waals surface area contributed by atoms with Crippen LogP contribution in [0, 0.1) is 0 Å². The molecule has 0 unspecified atom stereocenters. The molecule has 11 aromatic carbocycles. The van der Waals surface area contributed by atoms with Crippen molar-refractivity contribution in [3.8, 4) is 66.8 Å². The second-order valence-electron chi connectivity index (χ2n) is 20.3. The number of rotatable bonds is 6. The lowest BCUT2D eigenvalue weighted by molar-refractivity contribution is 0.661. The average molecular weight is 918 g/mol. The van der Waals surface area contributed by atoms with Gasteiger partial charge in [0.1, 0.15) is 5.58 Å². The summed E-state index contributed by atoms with van der Waals surface area (Å²) in [5, 5.41) is 2.19. The molecule has 2 heteroatoms. The van der Waals surface area contributed by atoms with Crippen LogP contribution in [-0.4, -0.2) is 0 Å². The smallest absolute Gasteiger partial charge is 0.159 e. The molecule has 0 fully saturated rings. The van der Waals surface area contributed by atoms with Crippen molar-refractivity contribution in [3.63, 3.8) is 0 Å². The summed E-state index contributed by atoms with van der Waals surface area (Å²) in [6, 6.07) is 92.2. The Morgan fingerprint density at radius 3 is 1.53 bits per heavy atom. The van der Waals surface area contributed by atoms with E-state index in [1.54, 1.807) is 0 Å². The molecule has 0 saturated heterocycles. The summed E-state index contributed by atoms with van der Waals surface area (Å²) in [6.45, 7) is 4.88. The highest BCUT2D eigenvalue weighted by atomic mass is 16.3. The number of fused-ring (bicyclic) bond motifs is 17. The normalized spacial score (nSPS) is 13.9. The van der Waals surface area contributed by atoms with Gasteiger partial charge in [0.15, 0.2) is 5.58 Å². The molecule has 338 valence electrons. The highest BCUT2D eigenvalue weighted by Crippen LogP contribution is 2.67. The van der Waals surface area contributed by atoms with E-state index in [4.69, 9.17) is 4.42 Å². The molecule has 12 aromatic rings. The van der Waals surface area contributed by atoms with Crippen molar-refractivity contribution in [2.75, 3.05) is 4.90 Å². The van der Waals surface area contributed by atoms with Gasteiger partial charge in [-0.3, -0.25) is 0 Å². The van der Waals surface area contributed by atoms with Crippen LogP contribution in [0.5, 0.6) is 0 Å². The summed E-state index contributed by atoms with van der Waals surface area (Å²) in [5.41, 5.74) is 27.1. The molecule has 1 aromatic heterocycles. The van der Waals surface area contributed by atoms with Gasteiger partial charge in [0.2, 0.25) is 0 Å². The van der Waals surface area contributed by atoms with Gasteiger partial charge in [-0.25, -0.2) is 0 Å². The Labute approximate surface area is 419 Å². The lowest BCUT2D eigenvalue weighted by Gasteiger charge is -2.32. The molecule has 3 aliphatic carbocycles. The quantitative estimate of drug-likeness (QED) is 0.165. The maximum atomic E-state index is 6.90. The van der Waals surface area contributed by atoms with E-state index in [0.717, 1.165) is 50.1 Å². The standard InChI is InChI=1S/C70H47NO/c1-69(2)58-30-14-11-27-55(58)66-65-56-28-12-17-33-61(56)70(59-31-15-9-24-51(59)52-25-10-16-32-60(52)70)62(65)43-57(67(66)69)48-40-47(45-22-7-4-8-23-45)41-50(42-48)71(49-38-36-46(37-39-49)44-20-5-3-6-21-44)63-34-19-29-54-53-26-13-18-35-64(53)72-68(54)63/h3-43H,1-2H3. The largest absolute Gasteiger partial charge is 0.454 e. The van der Waals surface area contributed by atoms with E-state index in [0.29, 0.717) is 0 Å². The van der Waals surface area contributed by atoms with Crippen LogP contribution >= 0.6 is 0 Å². The topological polar surface area (TPSA) is 16.4 Å². The van der Waals surface area contributed by atoms with Gasteiger partial charge in [-0.1, -0.05) is 214 Å². The van der Waals surface area contributed by atoms with Crippen molar-refractivity contribution in [2.24, 2.45) is 0 Å². The second kappa shape index (κ2) is 15.3. The Hall–Kier alpha value is -8.98. The van der Waals surface area contributed by atoms with Crippen LogP contribution in [0.1, 0.15) is 47.2 Å². The highest BCUT2D eigenvalue weighted by molar-refractivity contribution is 6.11. The molecule has 0 bridgehead atoms. The van der Waals surface area contributed by atoms with Gasteiger partial charge in [-0.05, 0) is 149 Å². The molecule has 2 nitrogen and oxygen atoms in total. The van der Waals surface area contributed by atoms with E-state index in [1.165, 1.54) is 89.0 Å². The number of hydrogen-bond donors (Lipinski definition) is 0.